The van der Waals surface area contributed by atoms with Crippen molar-refractivity contribution in [1.82, 2.24) is 4.98 Å². The van der Waals surface area contributed by atoms with Gasteiger partial charge in [0.15, 0.2) is 0 Å². The highest BCUT2D eigenvalue weighted by Gasteiger charge is 2.26. The zero-order valence-electron chi connectivity index (χ0n) is 11.5. The molecule has 1 unspecified atom stereocenters. The van der Waals surface area contributed by atoms with E-state index in [1.54, 1.807) is 0 Å². The van der Waals surface area contributed by atoms with Gasteiger partial charge >= 0.3 is 5.97 Å². The van der Waals surface area contributed by atoms with Crippen molar-refractivity contribution in [2.24, 2.45) is 5.73 Å². The molecular weight excluding hydrogens is 240 g/mol. The van der Waals surface area contributed by atoms with E-state index in [9.17, 15) is 4.79 Å². The van der Waals surface area contributed by atoms with Crippen LogP contribution in [0.5, 0.6) is 0 Å². The van der Waals surface area contributed by atoms with E-state index in [0.29, 0.717) is 0 Å². The Kier molecular flexibility index (Phi) is 3.37. The van der Waals surface area contributed by atoms with Crippen molar-refractivity contribution in [2.45, 2.75) is 38.6 Å². The highest BCUT2D eigenvalue weighted by molar-refractivity contribution is 5.86. The fourth-order valence-corrected chi connectivity index (χ4v) is 2.43. The molecular formula is C15H20N2O2. The molecule has 0 amide bonds. The van der Waals surface area contributed by atoms with Gasteiger partial charge in [-0.15, -0.1) is 0 Å². The summed E-state index contributed by atoms with van der Waals surface area (Å²) in [6.45, 7) is 6.28. The number of carboxylic acid groups (broad SMARTS) is 1. The van der Waals surface area contributed by atoms with E-state index >= 15 is 0 Å². The normalized spacial score (nSPS) is 13.7. The number of hydrogen-bond acceptors (Lipinski definition) is 2. The minimum atomic E-state index is -0.877. The number of fused-ring (bicyclic) bond motifs is 1. The van der Waals surface area contributed by atoms with E-state index < -0.39 is 12.0 Å². The van der Waals surface area contributed by atoms with E-state index in [1.807, 2.05) is 24.3 Å². The van der Waals surface area contributed by atoms with Crippen molar-refractivity contribution in [3.8, 4) is 0 Å². The molecule has 2 aromatic rings. The van der Waals surface area contributed by atoms with Crippen LogP contribution in [0.3, 0.4) is 0 Å². The average Bonchev–Trinajstić information content (AvgIpc) is 2.66. The molecule has 0 fully saturated rings. The Balaban J connectivity index is 2.64. The molecule has 0 aliphatic carbocycles. The van der Waals surface area contributed by atoms with Crippen LogP contribution in [0.15, 0.2) is 24.3 Å². The second-order valence-electron chi connectivity index (χ2n) is 5.91. The van der Waals surface area contributed by atoms with Gasteiger partial charge in [-0.25, -0.2) is 0 Å². The first-order chi connectivity index (χ1) is 8.80. The molecule has 1 aromatic carbocycles. The van der Waals surface area contributed by atoms with Crippen molar-refractivity contribution < 1.29 is 9.90 Å². The molecule has 19 heavy (non-hydrogen) atoms. The zero-order valence-corrected chi connectivity index (χ0v) is 11.5. The quantitative estimate of drug-likeness (QED) is 0.793. The summed E-state index contributed by atoms with van der Waals surface area (Å²) < 4.78 is 0. The van der Waals surface area contributed by atoms with Crippen LogP contribution in [0, 0.1) is 0 Å². The smallest absolute Gasteiger partial charge is 0.305 e. The second-order valence-corrected chi connectivity index (χ2v) is 5.91. The van der Waals surface area contributed by atoms with Crippen molar-refractivity contribution >= 4 is 16.9 Å². The Bertz CT molecular complexity index is 608. The lowest BCUT2D eigenvalue weighted by molar-refractivity contribution is -0.137. The van der Waals surface area contributed by atoms with Crippen molar-refractivity contribution in [2.75, 3.05) is 0 Å². The molecule has 0 radical (unpaired) electrons. The van der Waals surface area contributed by atoms with E-state index in [2.05, 4.69) is 25.8 Å². The predicted octanol–water partition coefficient (Wildman–Crippen LogP) is 2.94. The number of rotatable bonds is 3. The minimum absolute atomic E-state index is 0.0646. The monoisotopic (exact) mass is 260 g/mol. The zero-order chi connectivity index (χ0) is 14.2. The number of nitrogens with two attached hydrogens (primary N) is 1. The standard InChI is InChI=1S/C15H20N2O2/c1-15(2,3)14-13(10(16)8-12(18)19)9-6-4-5-7-11(9)17-14/h4-7,10,17H,8,16H2,1-3H3,(H,18,19). The lowest BCUT2D eigenvalue weighted by Crippen LogP contribution is -2.21. The lowest BCUT2D eigenvalue weighted by Gasteiger charge is -2.22. The largest absolute Gasteiger partial charge is 0.481 e. The maximum absolute atomic E-state index is 10.9. The Morgan fingerprint density at radius 1 is 1.37 bits per heavy atom. The molecule has 1 aromatic heterocycles. The summed E-state index contributed by atoms with van der Waals surface area (Å²) >= 11 is 0. The lowest BCUT2D eigenvalue weighted by atomic mass is 9.86. The molecule has 4 nitrogen and oxygen atoms in total. The molecule has 0 spiro atoms. The highest BCUT2D eigenvalue weighted by atomic mass is 16.4. The number of carboxylic acids is 1. The summed E-state index contributed by atoms with van der Waals surface area (Å²) in [6.07, 6.45) is -0.0646. The number of hydrogen-bond donors (Lipinski definition) is 3. The van der Waals surface area contributed by atoms with Gasteiger partial charge in [0.05, 0.1) is 6.42 Å². The third-order valence-electron chi connectivity index (χ3n) is 3.26. The van der Waals surface area contributed by atoms with Crippen LogP contribution in [0.2, 0.25) is 0 Å². The SMILES string of the molecule is CC(C)(C)c1[nH]c2ccccc2c1C(N)CC(=O)O. The summed E-state index contributed by atoms with van der Waals surface area (Å²) in [4.78, 5) is 14.3. The van der Waals surface area contributed by atoms with Gasteiger partial charge in [-0.3, -0.25) is 4.79 Å². The number of carbonyl (C=O) groups is 1. The van der Waals surface area contributed by atoms with Gasteiger partial charge in [0.2, 0.25) is 0 Å². The number of nitrogens with one attached hydrogen (secondary N) is 1. The third-order valence-corrected chi connectivity index (χ3v) is 3.26. The summed E-state index contributed by atoms with van der Waals surface area (Å²) in [5.41, 5.74) is 8.94. The molecule has 0 bridgehead atoms. The molecule has 0 aliphatic heterocycles. The van der Waals surface area contributed by atoms with Crippen LogP contribution >= 0.6 is 0 Å². The maximum Gasteiger partial charge on any atom is 0.305 e. The predicted molar refractivity (Wildman–Crippen MR) is 76.2 cm³/mol. The number of benzene rings is 1. The maximum atomic E-state index is 10.9. The third kappa shape index (κ3) is 2.63. The fourth-order valence-electron chi connectivity index (χ4n) is 2.43. The average molecular weight is 260 g/mol. The summed E-state index contributed by atoms with van der Waals surface area (Å²) in [5, 5.41) is 9.97. The first-order valence-corrected chi connectivity index (χ1v) is 6.39. The number of aromatic nitrogens is 1. The van der Waals surface area contributed by atoms with E-state index in [1.165, 1.54) is 0 Å². The van der Waals surface area contributed by atoms with Crippen LogP contribution < -0.4 is 5.73 Å². The Labute approximate surface area is 112 Å². The van der Waals surface area contributed by atoms with Crippen molar-refractivity contribution in [3.63, 3.8) is 0 Å². The van der Waals surface area contributed by atoms with Crippen LogP contribution in [0.25, 0.3) is 10.9 Å². The topological polar surface area (TPSA) is 79.1 Å². The van der Waals surface area contributed by atoms with Gasteiger partial charge in [0.25, 0.3) is 0 Å². The number of H-pyrrole nitrogens is 1. The van der Waals surface area contributed by atoms with Crippen LogP contribution in [0.4, 0.5) is 0 Å². The van der Waals surface area contributed by atoms with Crippen molar-refractivity contribution in [1.29, 1.82) is 0 Å². The van der Waals surface area contributed by atoms with Gasteiger partial charge in [-0.1, -0.05) is 39.0 Å². The molecule has 0 saturated heterocycles. The van der Waals surface area contributed by atoms with E-state index in [0.717, 1.165) is 22.2 Å². The van der Waals surface area contributed by atoms with E-state index in [4.69, 9.17) is 10.8 Å². The van der Waals surface area contributed by atoms with Gasteiger partial charge in [0, 0.05) is 28.1 Å². The first kappa shape index (κ1) is 13.6. The number of para-hydroxylation sites is 1. The minimum Gasteiger partial charge on any atom is -0.481 e. The molecule has 4 heteroatoms. The number of aliphatic carboxylic acids is 1. The molecule has 1 atom stereocenters. The molecule has 0 saturated carbocycles. The summed E-state index contributed by atoms with van der Waals surface area (Å²) in [7, 11) is 0. The Morgan fingerprint density at radius 3 is 2.58 bits per heavy atom. The van der Waals surface area contributed by atoms with Crippen LogP contribution in [-0.2, 0) is 10.2 Å². The molecule has 4 N–H and O–H groups in total. The first-order valence-electron chi connectivity index (χ1n) is 6.39. The summed E-state index contributed by atoms with van der Waals surface area (Å²) in [6, 6.07) is 7.37. The molecule has 1 heterocycles. The number of aromatic amines is 1. The van der Waals surface area contributed by atoms with Crippen molar-refractivity contribution in [3.05, 3.63) is 35.5 Å². The Morgan fingerprint density at radius 2 is 2.00 bits per heavy atom. The van der Waals surface area contributed by atoms with Gasteiger partial charge in [-0.05, 0) is 11.6 Å². The van der Waals surface area contributed by atoms with Crippen LogP contribution in [0.1, 0.15) is 44.5 Å². The molecule has 2 rings (SSSR count). The summed E-state index contributed by atoms with van der Waals surface area (Å²) in [5.74, 6) is -0.877. The van der Waals surface area contributed by atoms with Gasteiger partial charge in [0.1, 0.15) is 0 Å². The fraction of sp³-hybridized carbons (Fsp3) is 0.400. The molecule has 0 aliphatic rings. The van der Waals surface area contributed by atoms with E-state index in [-0.39, 0.29) is 11.8 Å². The van der Waals surface area contributed by atoms with Crippen LogP contribution in [-0.4, -0.2) is 16.1 Å². The molecule has 102 valence electrons. The van der Waals surface area contributed by atoms with Gasteiger partial charge < -0.3 is 15.8 Å². The Hall–Kier alpha value is -1.81. The second kappa shape index (κ2) is 4.70. The van der Waals surface area contributed by atoms with Gasteiger partial charge in [-0.2, -0.15) is 0 Å². The highest BCUT2D eigenvalue weighted by Crippen LogP contribution is 2.35.